The van der Waals surface area contributed by atoms with E-state index in [4.69, 9.17) is 0 Å². The summed E-state index contributed by atoms with van der Waals surface area (Å²) in [6.07, 6.45) is 6.24. The lowest BCUT2D eigenvalue weighted by Crippen LogP contribution is -2.04. The van der Waals surface area contributed by atoms with Crippen molar-refractivity contribution in [1.29, 1.82) is 0 Å². The maximum atomic E-state index is 4.35. The van der Waals surface area contributed by atoms with Gasteiger partial charge in [0.05, 0.1) is 0 Å². The minimum atomic E-state index is 0.581. The molecule has 0 amide bonds. The van der Waals surface area contributed by atoms with Crippen LogP contribution in [0.15, 0.2) is 36.8 Å². The van der Waals surface area contributed by atoms with Crippen molar-refractivity contribution in [2.45, 2.75) is 13.3 Å². The summed E-state index contributed by atoms with van der Waals surface area (Å²) in [6.45, 7) is 3.02. The van der Waals surface area contributed by atoms with Gasteiger partial charge in [0.2, 0.25) is 5.95 Å². The summed E-state index contributed by atoms with van der Waals surface area (Å²) >= 11 is 0. The molecule has 5 nitrogen and oxygen atoms in total. The highest BCUT2D eigenvalue weighted by Gasteiger charge is 1.98. The molecule has 0 saturated heterocycles. The average molecular weight is 229 g/mol. The molecule has 0 atom stereocenters. The summed E-state index contributed by atoms with van der Waals surface area (Å²) in [5.41, 5.74) is 0.924. The molecule has 2 heterocycles. The number of anilines is 3. The number of rotatable bonds is 5. The molecule has 0 aliphatic carbocycles. The van der Waals surface area contributed by atoms with Crippen molar-refractivity contribution >= 4 is 17.5 Å². The molecule has 2 aromatic heterocycles. The first-order chi connectivity index (χ1) is 8.38. The Kier molecular flexibility index (Phi) is 3.85. The van der Waals surface area contributed by atoms with Gasteiger partial charge in [-0.1, -0.05) is 6.92 Å². The maximum absolute atomic E-state index is 4.35. The smallest absolute Gasteiger partial charge is 0.229 e. The predicted molar refractivity (Wildman–Crippen MR) is 68.3 cm³/mol. The normalized spacial score (nSPS) is 9.94. The zero-order valence-electron chi connectivity index (χ0n) is 9.72. The van der Waals surface area contributed by atoms with E-state index in [9.17, 15) is 0 Å². The minimum Gasteiger partial charge on any atom is -0.370 e. The summed E-state index contributed by atoms with van der Waals surface area (Å²) < 4.78 is 0. The number of aromatic nitrogens is 3. The quantitative estimate of drug-likeness (QED) is 0.824. The highest BCUT2D eigenvalue weighted by molar-refractivity contribution is 5.53. The van der Waals surface area contributed by atoms with Crippen molar-refractivity contribution in [2.75, 3.05) is 17.2 Å². The summed E-state index contributed by atoms with van der Waals surface area (Å²) in [7, 11) is 0. The fraction of sp³-hybridized carbons (Fsp3) is 0.250. The Hall–Kier alpha value is -2.17. The van der Waals surface area contributed by atoms with E-state index in [0.29, 0.717) is 5.95 Å². The first-order valence-corrected chi connectivity index (χ1v) is 5.62. The second kappa shape index (κ2) is 5.79. The van der Waals surface area contributed by atoms with E-state index >= 15 is 0 Å². The Bertz CT molecular complexity index is 457. The van der Waals surface area contributed by atoms with Crippen LogP contribution in [0.3, 0.4) is 0 Å². The lowest BCUT2D eigenvalue weighted by Gasteiger charge is -2.07. The summed E-state index contributed by atoms with van der Waals surface area (Å²) in [5.74, 6) is 1.41. The first-order valence-electron chi connectivity index (χ1n) is 5.62. The van der Waals surface area contributed by atoms with E-state index in [1.54, 1.807) is 18.6 Å². The zero-order valence-corrected chi connectivity index (χ0v) is 9.72. The van der Waals surface area contributed by atoms with Crippen LogP contribution in [0.5, 0.6) is 0 Å². The number of nitrogens with zero attached hydrogens (tertiary/aromatic N) is 3. The Morgan fingerprint density at radius 3 is 2.71 bits per heavy atom. The standard InChI is InChI=1S/C12H15N5/c1-2-6-14-11-5-9-15-12(17-11)16-10-3-7-13-8-4-10/h3-5,7-9H,2,6H2,1H3,(H2,13,14,15,16,17). The molecule has 0 saturated carbocycles. The van der Waals surface area contributed by atoms with Gasteiger partial charge >= 0.3 is 0 Å². The van der Waals surface area contributed by atoms with Gasteiger partial charge in [0.1, 0.15) is 5.82 Å². The number of hydrogen-bond donors (Lipinski definition) is 2. The molecular weight excluding hydrogens is 214 g/mol. The molecule has 5 heteroatoms. The van der Waals surface area contributed by atoms with E-state index in [-0.39, 0.29) is 0 Å². The molecule has 88 valence electrons. The predicted octanol–water partition coefficient (Wildman–Crippen LogP) is 2.44. The van der Waals surface area contributed by atoms with E-state index < -0.39 is 0 Å². The minimum absolute atomic E-state index is 0.581. The van der Waals surface area contributed by atoms with Gasteiger partial charge in [0.15, 0.2) is 0 Å². The van der Waals surface area contributed by atoms with Crippen LogP contribution in [0.2, 0.25) is 0 Å². The largest absolute Gasteiger partial charge is 0.370 e. The SMILES string of the molecule is CCCNc1ccnc(Nc2ccncc2)n1. The molecule has 0 aliphatic heterocycles. The molecule has 0 aromatic carbocycles. The third-order valence-electron chi connectivity index (χ3n) is 2.15. The van der Waals surface area contributed by atoms with Crippen molar-refractivity contribution in [2.24, 2.45) is 0 Å². The molecule has 0 aliphatic rings. The van der Waals surface area contributed by atoms with Crippen molar-refractivity contribution in [3.8, 4) is 0 Å². The third-order valence-corrected chi connectivity index (χ3v) is 2.15. The van der Waals surface area contributed by atoms with Crippen LogP contribution >= 0.6 is 0 Å². The molecular formula is C12H15N5. The zero-order chi connectivity index (χ0) is 11.9. The fourth-order valence-electron chi connectivity index (χ4n) is 1.33. The molecule has 2 N–H and O–H groups in total. The van der Waals surface area contributed by atoms with Gasteiger partial charge in [-0.3, -0.25) is 4.98 Å². The van der Waals surface area contributed by atoms with E-state index in [2.05, 4.69) is 32.5 Å². The Morgan fingerprint density at radius 1 is 1.12 bits per heavy atom. The summed E-state index contributed by atoms with van der Waals surface area (Å²) in [6, 6.07) is 5.60. The molecule has 0 spiro atoms. The second-order valence-electron chi connectivity index (χ2n) is 3.55. The van der Waals surface area contributed by atoms with Gasteiger partial charge in [-0.2, -0.15) is 4.98 Å². The Balaban J connectivity index is 2.06. The summed E-state index contributed by atoms with van der Waals surface area (Å²) in [5, 5.41) is 6.34. The topological polar surface area (TPSA) is 62.7 Å². The average Bonchev–Trinajstić information content (AvgIpc) is 2.38. The molecule has 0 fully saturated rings. The first kappa shape index (κ1) is 11.3. The van der Waals surface area contributed by atoms with Crippen molar-refractivity contribution in [1.82, 2.24) is 15.0 Å². The monoisotopic (exact) mass is 229 g/mol. The highest BCUT2D eigenvalue weighted by atomic mass is 15.1. The number of hydrogen-bond acceptors (Lipinski definition) is 5. The van der Waals surface area contributed by atoms with Gasteiger partial charge in [0, 0.05) is 30.8 Å². The lowest BCUT2D eigenvalue weighted by molar-refractivity contribution is 0.966. The molecule has 17 heavy (non-hydrogen) atoms. The Labute approximate surface area is 100 Å². The molecule has 2 rings (SSSR count). The van der Waals surface area contributed by atoms with Crippen LogP contribution in [-0.2, 0) is 0 Å². The van der Waals surface area contributed by atoms with Gasteiger partial charge in [-0.25, -0.2) is 4.98 Å². The number of pyridine rings is 1. The number of nitrogens with one attached hydrogen (secondary N) is 2. The van der Waals surface area contributed by atoms with E-state index in [1.807, 2.05) is 18.2 Å². The molecule has 0 unspecified atom stereocenters. The van der Waals surface area contributed by atoms with Gasteiger partial charge in [-0.05, 0) is 24.6 Å². The van der Waals surface area contributed by atoms with E-state index in [0.717, 1.165) is 24.5 Å². The maximum Gasteiger partial charge on any atom is 0.229 e. The lowest BCUT2D eigenvalue weighted by atomic mass is 10.4. The van der Waals surface area contributed by atoms with Crippen molar-refractivity contribution < 1.29 is 0 Å². The molecule has 0 radical (unpaired) electrons. The summed E-state index contributed by atoms with van der Waals surface area (Å²) in [4.78, 5) is 12.5. The van der Waals surface area contributed by atoms with Gasteiger partial charge in [0.25, 0.3) is 0 Å². The van der Waals surface area contributed by atoms with Crippen LogP contribution in [-0.4, -0.2) is 21.5 Å². The van der Waals surface area contributed by atoms with Crippen LogP contribution in [0.1, 0.15) is 13.3 Å². The van der Waals surface area contributed by atoms with Crippen molar-refractivity contribution in [3.05, 3.63) is 36.8 Å². The van der Waals surface area contributed by atoms with Crippen molar-refractivity contribution in [3.63, 3.8) is 0 Å². The fourth-order valence-corrected chi connectivity index (χ4v) is 1.33. The van der Waals surface area contributed by atoms with Gasteiger partial charge in [-0.15, -0.1) is 0 Å². The van der Waals surface area contributed by atoms with Gasteiger partial charge < -0.3 is 10.6 Å². The van der Waals surface area contributed by atoms with Crippen LogP contribution < -0.4 is 10.6 Å². The van der Waals surface area contributed by atoms with Crippen LogP contribution in [0.4, 0.5) is 17.5 Å². The van der Waals surface area contributed by atoms with E-state index in [1.165, 1.54) is 0 Å². The van der Waals surface area contributed by atoms with Crippen LogP contribution in [0.25, 0.3) is 0 Å². The third kappa shape index (κ3) is 3.41. The molecule has 0 bridgehead atoms. The second-order valence-corrected chi connectivity index (χ2v) is 3.55. The van der Waals surface area contributed by atoms with Crippen LogP contribution in [0, 0.1) is 0 Å². The Morgan fingerprint density at radius 2 is 1.94 bits per heavy atom. The highest BCUT2D eigenvalue weighted by Crippen LogP contribution is 2.12. The molecule has 2 aromatic rings.